The minimum Gasteiger partial charge on any atom is -0.575 e. The SMILES string of the molecule is COC(=O)[C@@H](/N=[P+](\[O-])Oc1c(OC[C@H]2O[C@@H](n3c(I)nc4c(OC)nc(N)nc43)[C@](C)(O)[C@@H]2O)ccc2ccccc12)C(C)C. The van der Waals surface area contributed by atoms with Crippen LogP contribution in [0, 0.1) is 9.75 Å². The number of halogens is 1. The highest BCUT2D eigenvalue weighted by molar-refractivity contribution is 14.1. The van der Waals surface area contributed by atoms with Gasteiger partial charge in [0.05, 0.1) is 14.2 Å². The normalized spacial score (nSPS) is 22.6. The average molecular weight is 754 g/mol. The molecule has 15 nitrogen and oxygen atoms in total. The fourth-order valence-corrected chi connectivity index (χ4v) is 6.70. The monoisotopic (exact) mass is 754 g/mol. The van der Waals surface area contributed by atoms with Crippen LogP contribution >= 0.6 is 30.8 Å². The van der Waals surface area contributed by atoms with Gasteiger partial charge in [-0.2, -0.15) is 9.97 Å². The standard InChI is InChI=1S/C28H32IN6O9P/c1-13(2)18(24(37)41-5)34-45(39)44-20-15-9-7-6-8-14(15)10-11-16(20)42-12-17-21(36)28(3,38)25(43-17)35-22-19(31-26(35)29)23(40-4)33-27(30)32-22/h6-11,13,17-18,21,25,36,38H,12H2,1-5H3,(H2,30,32,33)/t17-,18+,21-,25-,28-/m1/s1. The number of anilines is 1. The van der Waals surface area contributed by atoms with Crippen molar-refractivity contribution in [3.05, 3.63) is 40.2 Å². The molecule has 17 heteroatoms. The molecule has 1 fully saturated rings. The number of benzene rings is 2. The van der Waals surface area contributed by atoms with Crippen molar-refractivity contribution in [3.8, 4) is 17.4 Å². The van der Waals surface area contributed by atoms with Crippen molar-refractivity contribution in [1.82, 2.24) is 19.5 Å². The molecule has 6 atom stereocenters. The molecule has 2 aromatic carbocycles. The second kappa shape index (κ2) is 13.1. The van der Waals surface area contributed by atoms with E-state index >= 15 is 0 Å². The first-order valence-electron chi connectivity index (χ1n) is 13.8. The van der Waals surface area contributed by atoms with Crippen LogP contribution in [-0.4, -0.2) is 80.4 Å². The van der Waals surface area contributed by atoms with Crippen LogP contribution < -0.4 is 24.6 Å². The van der Waals surface area contributed by atoms with E-state index in [4.69, 9.17) is 29.2 Å². The van der Waals surface area contributed by atoms with E-state index in [1.807, 2.05) is 34.7 Å². The number of carbonyl (C=O) groups is 1. The van der Waals surface area contributed by atoms with E-state index in [9.17, 15) is 19.9 Å². The number of aliphatic hydroxyl groups is 2. The molecule has 0 bridgehead atoms. The van der Waals surface area contributed by atoms with Crippen molar-refractivity contribution < 1.29 is 43.4 Å². The van der Waals surface area contributed by atoms with Crippen molar-refractivity contribution >= 4 is 64.6 Å². The molecule has 4 N–H and O–H groups in total. The Bertz CT molecular complexity index is 1770. The molecule has 3 heterocycles. The summed E-state index contributed by atoms with van der Waals surface area (Å²) in [6.45, 7) is 4.69. The fraction of sp³-hybridized carbons (Fsp3) is 0.429. The summed E-state index contributed by atoms with van der Waals surface area (Å²) in [6.07, 6.45) is -3.61. The molecule has 1 aliphatic heterocycles. The number of nitrogens with two attached hydrogens (primary N) is 1. The van der Waals surface area contributed by atoms with Gasteiger partial charge >= 0.3 is 14.1 Å². The predicted octanol–water partition coefficient (Wildman–Crippen LogP) is 2.70. The van der Waals surface area contributed by atoms with Gasteiger partial charge in [-0.05, 0) is 24.3 Å². The number of imidazole rings is 1. The van der Waals surface area contributed by atoms with Gasteiger partial charge in [-0.3, -0.25) is 9.09 Å². The first-order chi connectivity index (χ1) is 21.4. The molecule has 0 amide bonds. The Labute approximate surface area is 272 Å². The topological polar surface area (TPSA) is 209 Å². The molecular formula is C28H32IN6O9P. The average Bonchev–Trinajstić information content (AvgIpc) is 3.44. The van der Waals surface area contributed by atoms with Crippen LogP contribution in [0.1, 0.15) is 27.0 Å². The van der Waals surface area contributed by atoms with Crippen LogP contribution in [0.3, 0.4) is 0 Å². The quantitative estimate of drug-likeness (QED) is 0.0922. The second-order valence-electron chi connectivity index (χ2n) is 10.8. The molecule has 0 aliphatic carbocycles. The Kier molecular flexibility index (Phi) is 9.62. The van der Waals surface area contributed by atoms with Gasteiger partial charge in [0.1, 0.15) is 24.4 Å². The lowest BCUT2D eigenvalue weighted by atomic mass is 9.96. The van der Waals surface area contributed by atoms with E-state index in [0.29, 0.717) is 14.7 Å². The minimum absolute atomic E-state index is 0.0739. The summed E-state index contributed by atoms with van der Waals surface area (Å²) in [4.78, 5) is 38.1. The molecule has 0 spiro atoms. The molecule has 1 saturated heterocycles. The first-order valence-corrected chi connectivity index (χ1v) is 16.0. The van der Waals surface area contributed by atoms with Gasteiger partial charge in [0.2, 0.25) is 17.6 Å². The third kappa shape index (κ3) is 6.35. The summed E-state index contributed by atoms with van der Waals surface area (Å²) in [5, 5.41) is 24.0. The van der Waals surface area contributed by atoms with Crippen LogP contribution in [0.15, 0.2) is 41.1 Å². The third-order valence-corrected chi connectivity index (χ3v) is 8.91. The van der Waals surface area contributed by atoms with Crippen LogP contribution in [0.4, 0.5) is 5.95 Å². The van der Waals surface area contributed by atoms with Gasteiger partial charge in [-0.1, -0.05) is 48.9 Å². The summed E-state index contributed by atoms with van der Waals surface area (Å²) in [6, 6.07) is 9.63. The maximum Gasteiger partial charge on any atom is 0.395 e. The Morgan fingerprint density at radius 2 is 1.98 bits per heavy atom. The number of nitrogens with zero attached hydrogens (tertiary/aromatic N) is 5. The van der Waals surface area contributed by atoms with Gasteiger partial charge in [0.15, 0.2) is 33.0 Å². The fourth-order valence-electron chi connectivity index (χ4n) is 5.02. The summed E-state index contributed by atoms with van der Waals surface area (Å²) < 4.78 is 34.1. The number of methoxy groups -OCH3 is 2. The Morgan fingerprint density at radius 3 is 2.67 bits per heavy atom. The van der Waals surface area contributed by atoms with E-state index < -0.39 is 44.2 Å². The molecule has 1 aliphatic rings. The molecule has 4 aromatic rings. The lowest BCUT2D eigenvalue weighted by molar-refractivity contribution is -0.170. The number of esters is 1. The van der Waals surface area contributed by atoms with Crippen LogP contribution in [0.25, 0.3) is 21.9 Å². The minimum atomic E-state index is -2.73. The van der Waals surface area contributed by atoms with Gasteiger partial charge in [0, 0.05) is 28.0 Å². The van der Waals surface area contributed by atoms with Crippen molar-refractivity contribution in [2.45, 2.75) is 50.8 Å². The summed E-state index contributed by atoms with van der Waals surface area (Å²) in [7, 11) is -0.0797. The zero-order chi connectivity index (χ0) is 32.6. The summed E-state index contributed by atoms with van der Waals surface area (Å²) in [5.41, 5.74) is 4.60. The van der Waals surface area contributed by atoms with Gasteiger partial charge in [-0.15, -0.1) is 0 Å². The molecule has 0 radical (unpaired) electrons. The highest BCUT2D eigenvalue weighted by atomic mass is 127. The molecule has 0 saturated carbocycles. The van der Waals surface area contributed by atoms with Crippen LogP contribution in [0.5, 0.6) is 17.4 Å². The number of carbonyl (C=O) groups excluding carboxylic acids is 1. The van der Waals surface area contributed by atoms with Crippen LogP contribution in [0.2, 0.25) is 0 Å². The molecule has 45 heavy (non-hydrogen) atoms. The lowest BCUT2D eigenvalue weighted by Gasteiger charge is -2.27. The number of hydrogen-bond acceptors (Lipinski definition) is 14. The van der Waals surface area contributed by atoms with Crippen molar-refractivity contribution in [2.75, 3.05) is 26.6 Å². The van der Waals surface area contributed by atoms with E-state index in [1.54, 1.807) is 38.1 Å². The maximum atomic E-state index is 13.1. The maximum absolute atomic E-state index is 13.1. The van der Waals surface area contributed by atoms with Crippen molar-refractivity contribution in [1.29, 1.82) is 0 Å². The molecular weight excluding hydrogens is 722 g/mol. The van der Waals surface area contributed by atoms with E-state index in [0.717, 1.165) is 5.39 Å². The van der Waals surface area contributed by atoms with Gasteiger partial charge in [0.25, 0.3) is 0 Å². The smallest absolute Gasteiger partial charge is 0.395 e. The molecule has 240 valence electrons. The van der Waals surface area contributed by atoms with Gasteiger partial charge in [-0.25, -0.2) is 9.78 Å². The summed E-state index contributed by atoms with van der Waals surface area (Å²) in [5.74, 6) is -0.547. The van der Waals surface area contributed by atoms with Crippen molar-refractivity contribution in [2.24, 2.45) is 10.7 Å². The summed E-state index contributed by atoms with van der Waals surface area (Å²) >= 11 is 1.95. The van der Waals surface area contributed by atoms with Crippen molar-refractivity contribution in [3.63, 3.8) is 0 Å². The zero-order valence-electron chi connectivity index (χ0n) is 24.9. The lowest BCUT2D eigenvalue weighted by Crippen LogP contribution is -2.45. The Morgan fingerprint density at radius 1 is 1.24 bits per heavy atom. The highest BCUT2D eigenvalue weighted by Crippen LogP contribution is 2.44. The number of aliphatic hydroxyl groups excluding tert-OH is 1. The number of ether oxygens (including phenoxy) is 4. The highest BCUT2D eigenvalue weighted by Gasteiger charge is 2.54. The number of hydrogen-bond donors (Lipinski definition) is 3. The predicted molar refractivity (Wildman–Crippen MR) is 170 cm³/mol. The number of rotatable bonds is 10. The number of aromatic nitrogens is 4. The van der Waals surface area contributed by atoms with Gasteiger partial charge < -0.3 is 39.8 Å². The third-order valence-electron chi connectivity index (χ3n) is 7.37. The second-order valence-corrected chi connectivity index (χ2v) is 12.6. The van der Waals surface area contributed by atoms with E-state index in [1.165, 1.54) is 25.7 Å². The van der Waals surface area contributed by atoms with Crippen LogP contribution in [-0.2, 0) is 14.3 Å². The number of fused-ring (bicyclic) bond motifs is 2. The zero-order valence-corrected chi connectivity index (χ0v) is 28.0. The number of nitrogen functional groups attached to an aromatic ring is 1. The van der Waals surface area contributed by atoms with E-state index in [-0.39, 0.29) is 41.5 Å². The molecule has 1 unspecified atom stereocenters. The molecule has 2 aromatic heterocycles. The molecule has 5 rings (SSSR count). The Hall–Kier alpha value is -3.41. The largest absolute Gasteiger partial charge is 0.575 e. The first kappa shape index (κ1) is 33.0. The Balaban J connectivity index is 1.44. The van der Waals surface area contributed by atoms with E-state index in [2.05, 4.69) is 19.7 Å².